The fraction of sp³-hybridized carbons (Fsp3) is 0.357. The lowest BCUT2D eigenvalue weighted by Gasteiger charge is -2.14. The minimum Gasteiger partial charge on any atom is -0.247 e. The van der Waals surface area contributed by atoms with Gasteiger partial charge >= 0.3 is 0 Å². The SMILES string of the molecule is CC(C)n1ncnc1CSC1=Nc2ccccc2CS1. The van der Waals surface area contributed by atoms with Crippen molar-refractivity contribution in [3.05, 3.63) is 42.0 Å². The topological polar surface area (TPSA) is 43.1 Å². The molecule has 0 unspecified atom stereocenters. The second kappa shape index (κ2) is 6.01. The minimum absolute atomic E-state index is 0.342. The predicted molar refractivity (Wildman–Crippen MR) is 86.5 cm³/mol. The van der Waals surface area contributed by atoms with Crippen molar-refractivity contribution < 1.29 is 0 Å². The molecule has 4 nitrogen and oxygen atoms in total. The maximum atomic E-state index is 4.70. The van der Waals surface area contributed by atoms with Crippen LogP contribution >= 0.6 is 23.5 Å². The van der Waals surface area contributed by atoms with E-state index in [2.05, 4.69) is 42.1 Å². The van der Waals surface area contributed by atoms with Crippen LogP contribution in [0.15, 0.2) is 35.6 Å². The van der Waals surface area contributed by atoms with E-state index < -0.39 is 0 Å². The first-order valence-electron chi connectivity index (χ1n) is 6.54. The van der Waals surface area contributed by atoms with Gasteiger partial charge in [-0.15, -0.1) is 0 Å². The Hall–Kier alpha value is -1.27. The highest BCUT2D eigenvalue weighted by molar-refractivity contribution is 8.38. The second-order valence-corrected chi connectivity index (χ2v) is 6.98. The zero-order chi connectivity index (χ0) is 13.9. The molecule has 2 heterocycles. The van der Waals surface area contributed by atoms with E-state index >= 15 is 0 Å². The van der Waals surface area contributed by atoms with Gasteiger partial charge in [-0.3, -0.25) is 0 Å². The molecule has 2 aromatic rings. The lowest BCUT2D eigenvalue weighted by Crippen LogP contribution is -2.08. The summed E-state index contributed by atoms with van der Waals surface area (Å²) in [5, 5.41) is 4.26. The standard InChI is InChI=1S/C14H16N4S2/c1-10(2)18-13(15-9-16-18)8-20-14-17-12-6-4-3-5-11(12)7-19-14/h3-6,9-10H,7-8H2,1-2H3. The van der Waals surface area contributed by atoms with Gasteiger partial charge in [-0.1, -0.05) is 41.7 Å². The van der Waals surface area contributed by atoms with Gasteiger partial charge in [-0.25, -0.2) is 14.7 Å². The first-order valence-corrected chi connectivity index (χ1v) is 8.51. The van der Waals surface area contributed by atoms with Gasteiger partial charge in [0.2, 0.25) is 0 Å². The summed E-state index contributed by atoms with van der Waals surface area (Å²) in [6.45, 7) is 4.23. The fourth-order valence-electron chi connectivity index (χ4n) is 2.02. The Morgan fingerprint density at radius 1 is 1.35 bits per heavy atom. The number of para-hydroxylation sites is 1. The summed E-state index contributed by atoms with van der Waals surface area (Å²) in [5.74, 6) is 2.82. The van der Waals surface area contributed by atoms with Gasteiger partial charge in [0.15, 0.2) is 0 Å². The summed E-state index contributed by atoms with van der Waals surface area (Å²) in [5.41, 5.74) is 2.41. The summed E-state index contributed by atoms with van der Waals surface area (Å²) in [7, 11) is 0. The molecule has 1 aromatic carbocycles. The summed E-state index contributed by atoms with van der Waals surface area (Å²) in [6, 6.07) is 8.66. The van der Waals surface area contributed by atoms with Crippen molar-refractivity contribution in [3.8, 4) is 0 Å². The van der Waals surface area contributed by atoms with Crippen LogP contribution in [-0.2, 0) is 11.5 Å². The van der Waals surface area contributed by atoms with Gasteiger partial charge in [0.05, 0.1) is 11.4 Å². The van der Waals surface area contributed by atoms with E-state index in [1.165, 1.54) is 5.56 Å². The van der Waals surface area contributed by atoms with E-state index in [4.69, 9.17) is 4.99 Å². The predicted octanol–water partition coefficient (Wildman–Crippen LogP) is 4.03. The molecule has 0 aliphatic carbocycles. The zero-order valence-corrected chi connectivity index (χ0v) is 13.1. The van der Waals surface area contributed by atoms with Gasteiger partial charge < -0.3 is 0 Å². The number of aliphatic imine (C=N–C) groups is 1. The molecular formula is C14H16N4S2. The largest absolute Gasteiger partial charge is 0.247 e. The molecule has 20 heavy (non-hydrogen) atoms. The Balaban J connectivity index is 1.71. The summed E-state index contributed by atoms with van der Waals surface area (Å²) < 4.78 is 3.08. The molecule has 0 atom stereocenters. The molecular weight excluding hydrogens is 288 g/mol. The number of fused-ring (bicyclic) bond motifs is 1. The third-order valence-electron chi connectivity index (χ3n) is 3.02. The molecule has 0 bridgehead atoms. The highest BCUT2D eigenvalue weighted by Crippen LogP contribution is 2.35. The molecule has 0 N–H and O–H groups in total. The van der Waals surface area contributed by atoms with E-state index in [1.807, 2.05) is 10.7 Å². The summed E-state index contributed by atoms with van der Waals surface area (Å²) in [4.78, 5) is 9.04. The highest BCUT2D eigenvalue weighted by Gasteiger charge is 2.14. The Bertz CT molecular complexity index is 634. The molecule has 104 valence electrons. The van der Waals surface area contributed by atoms with Crippen molar-refractivity contribution in [2.75, 3.05) is 0 Å². The van der Waals surface area contributed by atoms with Gasteiger partial charge in [0.25, 0.3) is 0 Å². The quantitative estimate of drug-likeness (QED) is 0.858. The monoisotopic (exact) mass is 304 g/mol. The molecule has 1 aromatic heterocycles. The van der Waals surface area contributed by atoms with Crippen LogP contribution in [0.25, 0.3) is 0 Å². The molecule has 1 aliphatic rings. The number of benzene rings is 1. The lowest BCUT2D eigenvalue weighted by molar-refractivity contribution is 0.515. The number of hydrogen-bond donors (Lipinski definition) is 0. The van der Waals surface area contributed by atoms with Crippen LogP contribution in [0.5, 0.6) is 0 Å². The molecule has 0 amide bonds. The maximum absolute atomic E-state index is 4.70. The Morgan fingerprint density at radius 3 is 3.05 bits per heavy atom. The summed E-state index contributed by atoms with van der Waals surface area (Å²) >= 11 is 3.54. The van der Waals surface area contributed by atoms with Crippen molar-refractivity contribution in [2.24, 2.45) is 4.99 Å². The van der Waals surface area contributed by atoms with Crippen LogP contribution in [0.2, 0.25) is 0 Å². The van der Waals surface area contributed by atoms with E-state index in [-0.39, 0.29) is 0 Å². The number of hydrogen-bond acceptors (Lipinski definition) is 5. The lowest BCUT2D eigenvalue weighted by atomic mass is 10.2. The Kier molecular flexibility index (Phi) is 4.12. The van der Waals surface area contributed by atoms with Gasteiger partial charge in [-0.2, -0.15) is 5.10 Å². The highest BCUT2D eigenvalue weighted by atomic mass is 32.2. The Morgan fingerprint density at radius 2 is 2.20 bits per heavy atom. The first-order chi connectivity index (χ1) is 9.74. The Labute approximate surface area is 127 Å². The normalized spacial score (nSPS) is 14.2. The van der Waals surface area contributed by atoms with Crippen LogP contribution in [0.3, 0.4) is 0 Å². The summed E-state index contributed by atoms with van der Waals surface area (Å²) in [6.07, 6.45) is 1.63. The molecule has 0 saturated heterocycles. The van der Waals surface area contributed by atoms with Gasteiger partial charge in [-0.05, 0) is 25.5 Å². The third kappa shape index (κ3) is 2.91. The molecule has 0 radical (unpaired) electrons. The van der Waals surface area contributed by atoms with Crippen molar-refractivity contribution >= 4 is 33.6 Å². The van der Waals surface area contributed by atoms with Crippen molar-refractivity contribution in [2.45, 2.75) is 31.4 Å². The zero-order valence-electron chi connectivity index (χ0n) is 11.5. The van der Waals surface area contributed by atoms with Crippen LogP contribution in [0.4, 0.5) is 5.69 Å². The minimum atomic E-state index is 0.342. The molecule has 0 saturated carbocycles. The number of rotatable bonds is 3. The fourth-order valence-corrected chi connectivity index (χ4v) is 4.02. The van der Waals surface area contributed by atoms with E-state index in [0.29, 0.717) is 6.04 Å². The van der Waals surface area contributed by atoms with Crippen LogP contribution in [-0.4, -0.2) is 19.1 Å². The van der Waals surface area contributed by atoms with Gasteiger partial charge in [0.1, 0.15) is 16.5 Å². The number of thioether (sulfide) groups is 2. The van der Waals surface area contributed by atoms with Crippen LogP contribution in [0.1, 0.15) is 31.3 Å². The molecule has 0 fully saturated rings. The van der Waals surface area contributed by atoms with Gasteiger partial charge in [0, 0.05) is 11.8 Å². The second-order valence-electron chi connectivity index (χ2n) is 4.80. The molecule has 1 aliphatic heterocycles. The molecule has 0 spiro atoms. The van der Waals surface area contributed by atoms with E-state index in [9.17, 15) is 0 Å². The maximum Gasteiger partial charge on any atom is 0.138 e. The average molecular weight is 304 g/mol. The van der Waals surface area contributed by atoms with Crippen molar-refractivity contribution in [1.29, 1.82) is 0 Å². The van der Waals surface area contributed by atoms with E-state index in [1.54, 1.807) is 29.9 Å². The smallest absolute Gasteiger partial charge is 0.138 e. The molecule has 3 rings (SSSR count). The number of aromatic nitrogens is 3. The first kappa shape index (κ1) is 13.7. The van der Waals surface area contributed by atoms with E-state index in [0.717, 1.165) is 27.4 Å². The van der Waals surface area contributed by atoms with Crippen LogP contribution < -0.4 is 0 Å². The van der Waals surface area contributed by atoms with Crippen molar-refractivity contribution in [1.82, 2.24) is 14.8 Å². The molecule has 6 heteroatoms. The third-order valence-corrected chi connectivity index (χ3v) is 5.26. The van der Waals surface area contributed by atoms with Crippen molar-refractivity contribution in [3.63, 3.8) is 0 Å². The number of nitrogens with zero attached hydrogens (tertiary/aromatic N) is 4. The average Bonchev–Trinajstić information content (AvgIpc) is 2.93. The van der Waals surface area contributed by atoms with Crippen LogP contribution in [0, 0.1) is 0 Å².